The quantitative estimate of drug-likeness (QED) is 0.798. The van der Waals surface area contributed by atoms with Crippen LogP contribution in [0.5, 0.6) is 0 Å². The van der Waals surface area contributed by atoms with Crippen LogP contribution in [0, 0.1) is 6.92 Å². The zero-order valence-corrected chi connectivity index (χ0v) is 12.0. The molecule has 0 aliphatic carbocycles. The molecule has 2 N–H and O–H groups in total. The van der Waals surface area contributed by atoms with Gasteiger partial charge in [-0.15, -0.1) is 5.10 Å². The Morgan fingerprint density at radius 2 is 1.86 bits per heavy atom. The van der Waals surface area contributed by atoms with Gasteiger partial charge in [-0.1, -0.05) is 47.7 Å². The summed E-state index contributed by atoms with van der Waals surface area (Å²) in [6.45, 7) is 2.47. The van der Waals surface area contributed by atoms with Gasteiger partial charge in [0.25, 0.3) is 0 Å². The second-order valence-electron chi connectivity index (χ2n) is 5.10. The molecule has 0 saturated heterocycles. The van der Waals surface area contributed by atoms with Crippen LogP contribution >= 0.6 is 0 Å². The first-order chi connectivity index (χ1) is 10.3. The summed E-state index contributed by atoms with van der Waals surface area (Å²) in [6.07, 6.45) is 0.772. The summed E-state index contributed by atoms with van der Waals surface area (Å²) < 4.78 is 1.89. The molecule has 0 aliphatic heterocycles. The second kappa shape index (κ2) is 5.89. The number of aromatic nitrogens is 3. The lowest BCUT2D eigenvalue weighted by Gasteiger charge is -2.08. The maximum absolute atomic E-state index is 5.81. The second-order valence-corrected chi connectivity index (χ2v) is 5.10. The van der Waals surface area contributed by atoms with Crippen molar-refractivity contribution in [2.75, 3.05) is 0 Å². The van der Waals surface area contributed by atoms with E-state index in [1.165, 1.54) is 11.1 Å². The van der Waals surface area contributed by atoms with Gasteiger partial charge in [-0.05, 0) is 30.2 Å². The minimum Gasteiger partial charge on any atom is -0.325 e. The fourth-order valence-electron chi connectivity index (χ4n) is 2.42. The van der Waals surface area contributed by atoms with Gasteiger partial charge in [-0.25, -0.2) is 4.68 Å². The van der Waals surface area contributed by atoms with E-state index < -0.39 is 0 Å². The van der Waals surface area contributed by atoms with E-state index in [1.54, 1.807) is 0 Å². The van der Waals surface area contributed by atoms with E-state index in [4.69, 9.17) is 5.73 Å². The maximum Gasteiger partial charge on any atom is 0.100 e. The molecule has 1 heterocycles. The molecule has 4 nitrogen and oxygen atoms in total. The summed E-state index contributed by atoms with van der Waals surface area (Å²) in [6, 6.07) is 18.5. The van der Waals surface area contributed by atoms with E-state index in [9.17, 15) is 0 Å². The molecular formula is C17H18N4. The first-order valence-electron chi connectivity index (χ1n) is 7.02. The van der Waals surface area contributed by atoms with Crippen molar-refractivity contribution in [3.8, 4) is 5.69 Å². The van der Waals surface area contributed by atoms with Crippen LogP contribution in [0.1, 0.15) is 22.5 Å². The van der Waals surface area contributed by atoms with Gasteiger partial charge in [-0.2, -0.15) is 0 Å². The highest BCUT2D eigenvalue weighted by Crippen LogP contribution is 2.17. The molecule has 0 bridgehead atoms. The van der Waals surface area contributed by atoms with E-state index in [-0.39, 0.29) is 0 Å². The van der Waals surface area contributed by atoms with Crippen LogP contribution in [-0.4, -0.2) is 15.0 Å². The third kappa shape index (κ3) is 2.85. The van der Waals surface area contributed by atoms with Crippen LogP contribution in [-0.2, 0) is 13.0 Å². The Kier molecular flexibility index (Phi) is 3.79. The zero-order chi connectivity index (χ0) is 14.7. The third-order valence-corrected chi connectivity index (χ3v) is 3.50. The minimum absolute atomic E-state index is 0.397. The van der Waals surface area contributed by atoms with Crippen molar-refractivity contribution >= 4 is 0 Å². The van der Waals surface area contributed by atoms with Gasteiger partial charge < -0.3 is 5.73 Å². The summed E-state index contributed by atoms with van der Waals surface area (Å²) in [7, 11) is 0. The molecule has 0 fully saturated rings. The van der Waals surface area contributed by atoms with Crippen LogP contribution in [0.4, 0.5) is 0 Å². The molecule has 1 aromatic heterocycles. The highest BCUT2D eigenvalue weighted by molar-refractivity contribution is 5.38. The largest absolute Gasteiger partial charge is 0.325 e. The fraction of sp³-hybridized carbons (Fsp3) is 0.176. The first-order valence-corrected chi connectivity index (χ1v) is 7.02. The molecule has 0 aliphatic rings. The summed E-state index contributed by atoms with van der Waals surface area (Å²) in [5, 5.41) is 8.51. The summed E-state index contributed by atoms with van der Waals surface area (Å²) in [4.78, 5) is 0. The molecule has 0 saturated carbocycles. The Morgan fingerprint density at radius 1 is 1.05 bits per heavy atom. The van der Waals surface area contributed by atoms with Gasteiger partial charge in [0.15, 0.2) is 0 Å². The van der Waals surface area contributed by atoms with E-state index in [0.29, 0.717) is 6.54 Å². The minimum atomic E-state index is 0.397. The molecule has 0 amide bonds. The van der Waals surface area contributed by atoms with Crippen LogP contribution in [0.25, 0.3) is 5.69 Å². The van der Waals surface area contributed by atoms with E-state index >= 15 is 0 Å². The van der Waals surface area contributed by atoms with E-state index in [2.05, 4.69) is 41.5 Å². The number of nitrogens with zero attached hydrogens (tertiary/aromatic N) is 3. The van der Waals surface area contributed by atoms with Crippen molar-refractivity contribution < 1.29 is 0 Å². The summed E-state index contributed by atoms with van der Waals surface area (Å²) >= 11 is 0. The first kappa shape index (κ1) is 13.5. The fourth-order valence-corrected chi connectivity index (χ4v) is 2.42. The SMILES string of the molecule is Cc1cccc(-n2nnc(CN)c2Cc2ccccc2)c1. The van der Waals surface area contributed by atoms with E-state index in [1.807, 2.05) is 35.0 Å². The molecule has 3 rings (SSSR count). The van der Waals surface area contributed by atoms with Crippen molar-refractivity contribution in [3.63, 3.8) is 0 Å². The van der Waals surface area contributed by atoms with Crippen molar-refractivity contribution in [3.05, 3.63) is 77.1 Å². The Morgan fingerprint density at radius 3 is 2.57 bits per heavy atom. The summed E-state index contributed by atoms with van der Waals surface area (Å²) in [5.74, 6) is 0. The van der Waals surface area contributed by atoms with Crippen LogP contribution in [0.2, 0.25) is 0 Å². The molecule has 0 spiro atoms. The molecule has 4 heteroatoms. The highest BCUT2D eigenvalue weighted by atomic mass is 15.4. The Labute approximate surface area is 124 Å². The van der Waals surface area contributed by atoms with Crippen molar-refractivity contribution in [2.45, 2.75) is 19.9 Å². The lowest BCUT2D eigenvalue weighted by Crippen LogP contribution is -2.07. The van der Waals surface area contributed by atoms with Gasteiger partial charge >= 0.3 is 0 Å². The van der Waals surface area contributed by atoms with Crippen molar-refractivity contribution in [1.82, 2.24) is 15.0 Å². The monoisotopic (exact) mass is 278 g/mol. The lowest BCUT2D eigenvalue weighted by atomic mass is 10.1. The predicted octanol–water partition coefficient (Wildman–Crippen LogP) is 2.63. The summed E-state index contributed by atoms with van der Waals surface area (Å²) in [5.41, 5.74) is 11.2. The normalized spacial score (nSPS) is 10.8. The Balaban J connectivity index is 2.04. The Hall–Kier alpha value is -2.46. The molecular weight excluding hydrogens is 260 g/mol. The number of aryl methyl sites for hydroxylation is 1. The molecule has 3 aromatic rings. The van der Waals surface area contributed by atoms with Gasteiger partial charge in [0.2, 0.25) is 0 Å². The molecule has 21 heavy (non-hydrogen) atoms. The molecule has 0 radical (unpaired) electrons. The highest BCUT2D eigenvalue weighted by Gasteiger charge is 2.13. The van der Waals surface area contributed by atoms with Crippen LogP contribution in [0.3, 0.4) is 0 Å². The average molecular weight is 278 g/mol. The smallest absolute Gasteiger partial charge is 0.100 e. The van der Waals surface area contributed by atoms with Crippen molar-refractivity contribution in [1.29, 1.82) is 0 Å². The third-order valence-electron chi connectivity index (χ3n) is 3.50. The average Bonchev–Trinajstić information content (AvgIpc) is 2.91. The topological polar surface area (TPSA) is 56.7 Å². The molecule has 2 aromatic carbocycles. The van der Waals surface area contributed by atoms with Gasteiger partial charge in [0, 0.05) is 13.0 Å². The van der Waals surface area contributed by atoms with Gasteiger partial charge in [0.05, 0.1) is 11.4 Å². The number of benzene rings is 2. The molecule has 106 valence electrons. The lowest BCUT2D eigenvalue weighted by molar-refractivity contribution is 0.771. The number of nitrogens with two attached hydrogens (primary N) is 1. The van der Waals surface area contributed by atoms with Crippen LogP contribution in [0.15, 0.2) is 54.6 Å². The number of hydrogen-bond acceptors (Lipinski definition) is 3. The Bertz CT molecular complexity index is 732. The zero-order valence-electron chi connectivity index (χ0n) is 12.0. The molecule has 0 unspecified atom stereocenters. The number of hydrogen-bond donors (Lipinski definition) is 1. The van der Waals surface area contributed by atoms with Crippen LogP contribution < -0.4 is 5.73 Å². The standard InChI is InChI=1S/C17H18N4/c1-13-6-5-9-15(10-13)21-17(16(12-18)19-20-21)11-14-7-3-2-4-8-14/h2-10H,11-12,18H2,1H3. The van der Waals surface area contributed by atoms with Gasteiger partial charge in [0.1, 0.15) is 5.69 Å². The predicted molar refractivity (Wildman–Crippen MR) is 83.2 cm³/mol. The maximum atomic E-state index is 5.81. The molecule has 0 atom stereocenters. The van der Waals surface area contributed by atoms with E-state index in [0.717, 1.165) is 23.5 Å². The van der Waals surface area contributed by atoms with Crippen molar-refractivity contribution in [2.24, 2.45) is 5.73 Å². The number of rotatable bonds is 4. The van der Waals surface area contributed by atoms with Gasteiger partial charge in [-0.3, -0.25) is 0 Å².